The van der Waals surface area contributed by atoms with E-state index < -0.39 is 0 Å². The average Bonchev–Trinajstić information content (AvgIpc) is 2.04. The van der Waals surface area contributed by atoms with Crippen molar-refractivity contribution in [1.82, 2.24) is 5.32 Å². The summed E-state index contributed by atoms with van der Waals surface area (Å²) in [7, 11) is 2.02. The van der Waals surface area contributed by atoms with E-state index in [9.17, 15) is 0 Å². The van der Waals surface area contributed by atoms with Crippen molar-refractivity contribution < 1.29 is 0 Å². The van der Waals surface area contributed by atoms with Gasteiger partial charge in [-0.25, -0.2) is 0 Å². The Hall–Kier alpha value is -0.0400. The van der Waals surface area contributed by atoms with Crippen molar-refractivity contribution in [1.29, 1.82) is 0 Å². The highest BCUT2D eigenvalue weighted by molar-refractivity contribution is 4.57. The zero-order chi connectivity index (χ0) is 9.28. The van der Waals surface area contributed by atoms with Gasteiger partial charge in [0.05, 0.1) is 0 Å². The summed E-state index contributed by atoms with van der Waals surface area (Å²) in [5, 5.41) is 3.22. The first-order chi connectivity index (χ1) is 5.16. The zero-order valence-corrected chi connectivity index (χ0v) is 9.07. The molecule has 70 valence electrons. The summed E-state index contributed by atoms with van der Waals surface area (Å²) < 4.78 is 0. The van der Waals surface area contributed by atoms with Gasteiger partial charge in [-0.15, -0.1) is 0 Å². The maximum Gasteiger partial charge on any atom is 0.00358 e. The normalized spacial score (nSPS) is 12.3. The van der Waals surface area contributed by atoms with Crippen LogP contribution in [0.2, 0.25) is 0 Å². The molecule has 0 amide bonds. The van der Waals surface area contributed by atoms with Crippen molar-refractivity contribution in [2.24, 2.45) is 5.92 Å². The molecule has 0 aliphatic heterocycles. The van der Waals surface area contributed by atoms with Crippen molar-refractivity contribution in [3.63, 3.8) is 0 Å². The molecule has 1 nitrogen and oxygen atoms in total. The van der Waals surface area contributed by atoms with Crippen LogP contribution in [0.3, 0.4) is 0 Å². The summed E-state index contributed by atoms with van der Waals surface area (Å²) in [5.74, 6) is 0.848. The smallest absolute Gasteiger partial charge is 0.00358 e. The molecule has 0 aromatic rings. The molecule has 0 heterocycles. The van der Waals surface area contributed by atoms with Crippen LogP contribution in [0.4, 0.5) is 0 Å². The molecule has 0 aliphatic rings. The van der Waals surface area contributed by atoms with Crippen LogP contribution >= 0.6 is 0 Å². The molecule has 1 heteroatoms. The Morgan fingerprint density at radius 3 is 1.73 bits per heavy atom. The minimum atomic E-state index is 0.687. The lowest BCUT2D eigenvalue weighted by molar-refractivity contribution is 0.475. The minimum absolute atomic E-state index is 0.687. The number of hydrogen-bond acceptors (Lipinski definition) is 1. The van der Waals surface area contributed by atoms with E-state index >= 15 is 0 Å². The second kappa shape index (κ2) is 9.96. The molecule has 0 fully saturated rings. The van der Waals surface area contributed by atoms with Gasteiger partial charge < -0.3 is 5.32 Å². The fraction of sp³-hybridized carbons (Fsp3) is 1.00. The van der Waals surface area contributed by atoms with Gasteiger partial charge in [0, 0.05) is 6.04 Å². The van der Waals surface area contributed by atoms with Crippen molar-refractivity contribution in [2.45, 2.75) is 53.5 Å². The molecular weight excluding hydrogens is 134 g/mol. The van der Waals surface area contributed by atoms with Gasteiger partial charge in [0.15, 0.2) is 0 Å². The number of rotatable bonds is 4. The van der Waals surface area contributed by atoms with E-state index in [1.165, 1.54) is 12.8 Å². The minimum Gasteiger partial charge on any atom is -0.317 e. The third-order valence-electron chi connectivity index (χ3n) is 1.67. The summed E-state index contributed by atoms with van der Waals surface area (Å²) in [5.41, 5.74) is 0. The predicted molar refractivity (Wildman–Crippen MR) is 53.9 cm³/mol. The summed E-state index contributed by atoms with van der Waals surface area (Å²) in [6.45, 7) is 10.8. The van der Waals surface area contributed by atoms with E-state index in [1.54, 1.807) is 0 Å². The highest BCUT2D eigenvalue weighted by atomic mass is 14.8. The van der Waals surface area contributed by atoms with Gasteiger partial charge in [-0.05, 0) is 32.7 Å². The number of nitrogens with one attached hydrogen (secondary N) is 1. The van der Waals surface area contributed by atoms with E-state index in [2.05, 4.69) is 26.1 Å². The first-order valence-corrected chi connectivity index (χ1v) is 4.84. The van der Waals surface area contributed by atoms with E-state index in [4.69, 9.17) is 0 Å². The van der Waals surface area contributed by atoms with Gasteiger partial charge >= 0.3 is 0 Å². The lowest BCUT2D eigenvalue weighted by Gasteiger charge is -2.10. The molecule has 0 saturated heterocycles. The van der Waals surface area contributed by atoms with Crippen LogP contribution in [0.5, 0.6) is 0 Å². The largest absolute Gasteiger partial charge is 0.317 e. The van der Waals surface area contributed by atoms with Crippen LogP contribution in [0.15, 0.2) is 0 Å². The van der Waals surface area contributed by atoms with Gasteiger partial charge in [0.25, 0.3) is 0 Å². The topological polar surface area (TPSA) is 12.0 Å². The van der Waals surface area contributed by atoms with Crippen molar-refractivity contribution in [3.8, 4) is 0 Å². The predicted octanol–water partition coefficient (Wildman–Crippen LogP) is 3.06. The Morgan fingerprint density at radius 1 is 1.00 bits per heavy atom. The molecule has 1 unspecified atom stereocenters. The summed E-state index contributed by atoms with van der Waals surface area (Å²) >= 11 is 0. The summed E-state index contributed by atoms with van der Waals surface area (Å²) in [4.78, 5) is 0. The van der Waals surface area contributed by atoms with Crippen molar-refractivity contribution in [3.05, 3.63) is 0 Å². The Morgan fingerprint density at radius 2 is 1.45 bits per heavy atom. The highest BCUT2D eigenvalue weighted by Crippen LogP contribution is 2.05. The molecule has 0 aliphatic carbocycles. The molecule has 1 atom stereocenters. The first kappa shape index (κ1) is 13.5. The van der Waals surface area contributed by atoms with E-state index in [0.717, 1.165) is 5.92 Å². The molecule has 0 spiro atoms. The molecule has 0 saturated carbocycles. The van der Waals surface area contributed by atoms with Crippen LogP contribution in [-0.2, 0) is 0 Å². The van der Waals surface area contributed by atoms with Gasteiger partial charge in [0.1, 0.15) is 0 Å². The van der Waals surface area contributed by atoms with Gasteiger partial charge in [0.2, 0.25) is 0 Å². The molecule has 0 rings (SSSR count). The Bertz CT molecular complexity index is 59.9. The molecule has 11 heavy (non-hydrogen) atoms. The first-order valence-electron chi connectivity index (χ1n) is 4.84. The SMILES string of the molecule is CC.CNC(C)CCC(C)C. The van der Waals surface area contributed by atoms with Crippen molar-refractivity contribution in [2.75, 3.05) is 7.05 Å². The third kappa shape index (κ3) is 13.0. The van der Waals surface area contributed by atoms with Crippen LogP contribution in [-0.4, -0.2) is 13.1 Å². The Kier molecular flexibility index (Phi) is 12.3. The maximum absolute atomic E-state index is 3.22. The van der Waals surface area contributed by atoms with Crippen LogP contribution in [0.25, 0.3) is 0 Å². The van der Waals surface area contributed by atoms with Gasteiger partial charge in [-0.3, -0.25) is 0 Å². The Balaban J connectivity index is 0. The molecule has 0 bridgehead atoms. The Labute approximate surface area is 72.6 Å². The molecule has 0 aromatic heterocycles. The van der Waals surface area contributed by atoms with Crippen LogP contribution in [0, 0.1) is 5.92 Å². The highest BCUT2D eigenvalue weighted by Gasteiger charge is 1.98. The molecule has 0 aromatic carbocycles. The van der Waals surface area contributed by atoms with Crippen LogP contribution in [0.1, 0.15) is 47.5 Å². The molecule has 0 radical (unpaired) electrons. The average molecular weight is 159 g/mol. The fourth-order valence-electron chi connectivity index (χ4n) is 0.728. The summed E-state index contributed by atoms with van der Waals surface area (Å²) in [6.07, 6.45) is 2.64. The maximum atomic E-state index is 3.22. The second-order valence-corrected chi connectivity index (χ2v) is 3.16. The van der Waals surface area contributed by atoms with E-state index in [1.807, 2.05) is 20.9 Å². The van der Waals surface area contributed by atoms with Gasteiger partial charge in [-0.1, -0.05) is 27.7 Å². The van der Waals surface area contributed by atoms with E-state index in [0.29, 0.717) is 6.04 Å². The zero-order valence-electron chi connectivity index (χ0n) is 9.07. The number of hydrogen-bond donors (Lipinski definition) is 1. The second-order valence-electron chi connectivity index (χ2n) is 3.16. The van der Waals surface area contributed by atoms with Gasteiger partial charge in [-0.2, -0.15) is 0 Å². The lowest BCUT2D eigenvalue weighted by Crippen LogP contribution is -2.21. The molecular formula is C10H25N. The standard InChI is InChI=1S/C8H19N.C2H6/c1-7(2)5-6-8(3)9-4;1-2/h7-9H,5-6H2,1-4H3;1-2H3. The molecule has 1 N–H and O–H groups in total. The quantitative estimate of drug-likeness (QED) is 0.665. The summed E-state index contributed by atoms with van der Waals surface area (Å²) in [6, 6.07) is 0.687. The fourth-order valence-corrected chi connectivity index (χ4v) is 0.728. The lowest BCUT2D eigenvalue weighted by atomic mass is 10.0. The van der Waals surface area contributed by atoms with E-state index in [-0.39, 0.29) is 0 Å². The van der Waals surface area contributed by atoms with Crippen LogP contribution < -0.4 is 5.32 Å². The monoisotopic (exact) mass is 159 g/mol. The third-order valence-corrected chi connectivity index (χ3v) is 1.67. The van der Waals surface area contributed by atoms with Crippen molar-refractivity contribution >= 4 is 0 Å².